The van der Waals surface area contributed by atoms with Crippen molar-refractivity contribution in [1.82, 2.24) is 0 Å². The third-order valence-electron chi connectivity index (χ3n) is 17.1. The van der Waals surface area contributed by atoms with Gasteiger partial charge in [-0.1, -0.05) is 324 Å². The molecule has 0 spiro atoms. The SMILES string of the molecule is CC/C=C\C/C=C\C/C=C\C/C=C\C/C=C\CCCCCCCCCCCCCCCCCCCCCC(=O)OCC(O)COP(=O)(O)OCC(O)COP(=O)(O)OCC(COC(=O)CCCCCCC/C=C\C/C=C\CCCCC)OC(=O)CCCCCCCCCCCCCCC. The largest absolute Gasteiger partial charge is 0.472 e. The number of carbonyl (C=O) groups is 3. The van der Waals surface area contributed by atoms with Crippen LogP contribution in [0.25, 0.3) is 0 Å². The van der Waals surface area contributed by atoms with Crippen molar-refractivity contribution in [3.63, 3.8) is 0 Å². The number of carbonyl (C=O) groups excluding carboxylic acids is 3. The highest BCUT2D eigenvalue weighted by Crippen LogP contribution is 2.45. The van der Waals surface area contributed by atoms with Gasteiger partial charge in [-0.15, -0.1) is 0 Å². The summed E-state index contributed by atoms with van der Waals surface area (Å²) < 4.78 is 61.0. The summed E-state index contributed by atoms with van der Waals surface area (Å²) in [5.74, 6) is -1.57. The van der Waals surface area contributed by atoms with E-state index in [-0.39, 0.29) is 19.3 Å². The van der Waals surface area contributed by atoms with Crippen molar-refractivity contribution in [2.75, 3.05) is 39.6 Å². The minimum absolute atomic E-state index is 0.107. The van der Waals surface area contributed by atoms with Crippen LogP contribution in [0.3, 0.4) is 0 Å². The summed E-state index contributed by atoms with van der Waals surface area (Å²) >= 11 is 0. The van der Waals surface area contributed by atoms with Crippen LogP contribution < -0.4 is 0 Å². The van der Waals surface area contributed by atoms with Gasteiger partial charge in [0.2, 0.25) is 0 Å². The number of esters is 3. The Morgan fingerprint density at radius 2 is 0.535 bits per heavy atom. The molecule has 0 rings (SSSR count). The van der Waals surface area contributed by atoms with E-state index >= 15 is 0 Å². The molecule has 0 saturated heterocycles. The molecule has 0 heterocycles. The fourth-order valence-corrected chi connectivity index (χ4v) is 12.6. The number of aliphatic hydroxyl groups excluding tert-OH is 2. The first-order valence-electron chi connectivity index (χ1n) is 39.9. The summed E-state index contributed by atoms with van der Waals surface area (Å²) in [4.78, 5) is 58.5. The Morgan fingerprint density at radius 1 is 0.293 bits per heavy atom. The Hall–Kier alpha value is -3.27. The van der Waals surface area contributed by atoms with Crippen LogP contribution >= 0.6 is 15.6 Å². The molecule has 0 amide bonds. The van der Waals surface area contributed by atoms with Crippen LogP contribution in [-0.2, 0) is 55.8 Å². The topological polar surface area (TPSA) is 231 Å². The van der Waals surface area contributed by atoms with Gasteiger partial charge in [0, 0.05) is 19.3 Å². The number of hydrogen-bond acceptors (Lipinski definition) is 14. The van der Waals surface area contributed by atoms with Crippen LogP contribution in [0, 0.1) is 0 Å². The lowest BCUT2D eigenvalue weighted by atomic mass is 10.0. The molecule has 4 N–H and O–H groups in total. The van der Waals surface area contributed by atoms with Gasteiger partial charge in [-0.25, -0.2) is 9.13 Å². The number of allylic oxidation sites excluding steroid dienone is 14. The Morgan fingerprint density at radius 3 is 0.869 bits per heavy atom. The van der Waals surface area contributed by atoms with E-state index in [4.69, 9.17) is 32.3 Å². The predicted octanol–water partition coefficient (Wildman–Crippen LogP) is 23.2. The van der Waals surface area contributed by atoms with Crippen LogP contribution in [-0.4, -0.2) is 95.9 Å². The van der Waals surface area contributed by atoms with E-state index in [1.165, 1.54) is 173 Å². The summed E-state index contributed by atoms with van der Waals surface area (Å²) in [5, 5.41) is 20.6. The molecule has 99 heavy (non-hydrogen) atoms. The predicted molar refractivity (Wildman–Crippen MR) is 408 cm³/mol. The van der Waals surface area contributed by atoms with Crippen LogP contribution in [0.5, 0.6) is 0 Å². The molecule has 0 fully saturated rings. The van der Waals surface area contributed by atoms with Crippen LogP contribution in [0.15, 0.2) is 85.1 Å². The van der Waals surface area contributed by atoms with Crippen molar-refractivity contribution in [2.24, 2.45) is 0 Å². The lowest BCUT2D eigenvalue weighted by molar-refractivity contribution is -0.161. The fourth-order valence-electron chi connectivity index (χ4n) is 11.0. The lowest BCUT2D eigenvalue weighted by Crippen LogP contribution is -2.30. The van der Waals surface area contributed by atoms with E-state index in [0.717, 1.165) is 122 Å². The first-order chi connectivity index (χ1) is 48.2. The van der Waals surface area contributed by atoms with Crippen molar-refractivity contribution in [1.29, 1.82) is 0 Å². The molecule has 0 radical (unpaired) electrons. The molecule has 0 aromatic rings. The second-order valence-corrected chi connectivity index (χ2v) is 29.8. The Bertz CT molecular complexity index is 2140. The van der Waals surface area contributed by atoms with E-state index in [0.29, 0.717) is 19.3 Å². The van der Waals surface area contributed by atoms with Gasteiger partial charge in [0.15, 0.2) is 6.10 Å². The maximum Gasteiger partial charge on any atom is 0.472 e. The second-order valence-electron chi connectivity index (χ2n) is 26.8. The van der Waals surface area contributed by atoms with Crippen LogP contribution in [0.4, 0.5) is 0 Å². The van der Waals surface area contributed by atoms with Crippen molar-refractivity contribution in [2.45, 2.75) is 373 Å². The highest BCUT2D eigenvalue weighted by atomic mass is 31.2. The van der Waals surface area contributed by atoms with Crippen molar-refractivity contribution in [3.05, 3.63) is 85.1 Å². The Balaban J connectivity index is 4.30. The molecule has 0 aromatic carbocycles. The first-order valence-corrected chi connectivity index (χ1v) is 42.9. The molecule has 0 saturated carbocycles. The maximum atomic E-state index is 12.9. The molecule has 16 nitrogen and oxygen atoms in total. The summed E-state index contributed by atoms with van der Waals surface area (Å²) in [6, 6.07) is 0. The summed E-state index contributed by atoms with van der Waals surface area (Å²) in [6.07, 6.45) is 83.8. The number of rotatable bonds is 76. The van der Waals surface area contributed by atoms with Crippen molar-refractivity contribution < 1.29 is 75.8 Å². The normalized spacial score (nSPS) is 14.5. The van der Waals surface area contributed by atoms with Crippen molar-refractivity contribution in [3.8, 4) is 0 Å². The van der Waals surface area contributed by atoms with E-state index in [2.05, 4.69) is 106 Å². The quantitative estimate of drug-likeness (QED) is 0.0146. The Labute approximate surface area is 604 Å². The van der Waals surface area contributed by atoms with Gasteiger partial charge >= 0.3 is 33.6 Å². The summed E-state index contributed by atoms with van der Waals surface area (Å²) in [7, 11) is -9.77. The molecular formula is C81H146O16P2. The second kappa shape index (κ2) is 74.4. The number of hydrogen-bond donors (Lipinski definition) is 4. The molecule has 0 aliphatic heterocycles. The van der Waals surface area contributed by atoms with E-state index in [9.17, 15) is 43.5 Å². The summed E-state index contributed by atoms with van der Waals surface area (Å²) in [6.45, 7) is 2.57. The average Bonchev–Trinajstić information content (AvgIpc) is 1.09. The third-order valence-corrected chi connectivity index (χ3v) is 19.0. The number of unbranched alkanes of at least 4 members (excludes halogenated alkanes) is 39. The zero-order valence-corrected chi connectivity index (χ0v) is 64.7. The van der Waals surface area contributed by atoms with Gasteiger partial charge in [0.25, 0.3) is 0 Å². The minimum Gasteiger partial charge on any atom is -0.463 e. The first kappa shape index (κ1) is 95.7. The van der Waals surface area contributed by atoms with Crippen LogP contribution in [0.2, 0.25) is 0 Å². The lowest BCUT2D eigenvalue weighted by Gasteiger charge is -2.21. The molecule has 576 valence electrons. The highest BCUT2D eigenvalue weighted by molar-refractivity contribution is 7.47. The molecule has 0 aromatic heterocycles. The van der Waals surface area contributed by atoms with E-state index in [1.807, 2.05) is 0 Å². The van der Waals surface area contributed by atoms with Gasteiger partial charge in [0.1, 0.15) is 25.4 Å². The number of phosphoric ester groups is 2. The van der Waals surface area contributed by atoms with Gasteiger partial charge in [-0.2, -0.15) is 0 Å². The van der Waals surface area contributed by atoms with Crippen molar-refractivity contribution >= 4 is 33.6 Å². The molecule has 0 bridgehead atoms. The highest BCUT2D eigenvalue weighted by Gasteiger charge is 2.29. The smallest absolute Gasteiger partial charge is 0.463 e. The molecule has 0 aliphatic rings. The third kappa shape index (κ3) is 75.7. The van der Waals surface area contributed by atoms with Gasteiger partial charge in [0.05, 0.1) is 26.4 Å². The van der Waals surface area contributed by atoms with Gasteiger partial charge in [-0.3, -0.25) is 32.5 Å². The summed E-state index contributed by atoms with van der Waals surface area (Å²) in [5.41, 5.74) is 0. The van der Waals surface area contributed by atoms with E-state index in [1.54, 1.807) is 0 Å². The molecule has 18 heteroatoms. The van der Waals surface area contributed by atoms with Gasteiger partial charge < -0.3 is 34.2 Å². The average molecular weight is 1440 g/mol. The van der Waals surface area contributed by atoms with Gasteiger partial charge in [-0.05, 0) is 96.3 Å². The Kier molecular flexibility index (Phi) is 72.0. The maximum absolute atomic E-state index is 12.9. The zero-order chi connectivity index (χ0) is 72.3. The molecule has 5 unspecified atom stereocenters. The zero-order valence-electron chi connectivity index (χ0n) is 62.9. The van der Waals surface area contributed by atoms with E-state index < -0.39 is 91.5 Å². The number of ether oxygens (including phenoxy) is 3. The number of aliphatic hydroxyl groups is 2. The monoisotopic (exact) mass is 1440 g/mol. The molecule has 0 aliphatic carbocycles. The number of phosphoric acid groups is 2. The fraction of sp³-hybridized carbons (Fsp3) is 0.790. The molecular weight excluding hydrogens is 1290 g/mol. The molecule has 5 atom stereocenters. The standard InChI is InChI=1S/C81H146O16P2/c1-4-7-10-13-16-19-22-25-27-28-29-30-31-32-33-34-35-36-37-38-39-40-41-42-43-44-45-46-48-51-52-55-58-61-64-67-79(84)91-70-76(82)71-93-98(87,88)94-72-77(83)73-95-99(89,90)96-75-78(97-81(86)69-66-63-60-57-54-49-24-21-18-15-12-9-6-3)74-92-80(85)68-65-62-59-56-53-50-47-26-23-20-17-14-11-8-5-2/h7,10,16-17,19-20,25-27,29-30,32-33,47,76-78,82-83H,4-6,8-9,11-15,18,21-24,28,31,34-46,48-75H2,1-3H3,(H,87,88)(H,89,90)/b10-7-,19-16-,20-17-,27-25-,30-29-,33-32-,47-26-. The minimum atomic E-state index is -4.92. The van der Waals surface area contributed by atoms with Crippen LogP contribution in [0.1, 0.15) is 355 Å².